The first kappa shape index (κ1) is 31.4. The number of alkyl halides is 6. The maximum Gasteiger partial charge on any atom is 0.416 e. The highest BCUT2D eigenvalue weighted by atomic mass is 19.4. The van der Waals surface area contributed by atoms with Gasteiger partial charge in [0.2, 0.25) is 0 Å². The molecule has 0 aliphatic carbocycles. The van der Waals surface area contributed by atoms with Crippen LogP contribution in [0.25, 0.3) is 0 Å². The summed E-state index contributed by atoms with van der Waals surface area (Å²) >= 11 is 0. The van der Waals surface area contributed by atoms with E-state index in [0.29, 0.717) is 17.7 Å². The second-order valence-electron chi connectivity index (χ2n) is 10.6. The molecule has 3 aromatic carbocycles. The van der Waals surface area contributed by atoms with E-state index in [1.165, 1.54) is 11.8 Å². The third kappa shape index (κ3) is 7.07. The average molecular weight is 596 g/mol. The smallest absolute Gasteiger partial charge is 0.416 e. The Morgan fingerprint density at radius 3 is 2.05 bits per heavy atom. The van der Waals surface area contributed by atoms with Crippen LogP contribution in [-0.4, -0.2) is 35.4 Å². The Balaban J connectivity index is 1.68. The molecule has 1 heterocycles. The van der Waals surface area contributed by atoms with E-state index in [2.05, 4.69) is 0 Å². The Labute approximate surface area is 239 Å². The molecular weight excluding hydrogens is 564 g/mol. The van der Waals surface area contributed by atoms with E-state index in [9.17, 15) is 36.2 Å². The predicted octanol–water partition coefficient (Wildman–Crippen LogP) is 7.74. The maximum atomic E-state index is 13.5. The van der Waals surface area contributed by atoms with E-state index in [0.717, 1.165) is 5.56 Å². The van der Waals surface area contributed by atoms with E-state index in [1.54, 1.807) is 61.5 Å². The van der Waals surface area contributed by atoms with Crippen LogP contribution in [0.2, 0.25) is 0 Å². The molecule has 1 saturated heterocycles. The lowest BCUT2D eigenvalue weighted by atomic mass is 9.75. The van der Waals surface area contributed by atoms with Crippen molar-refractivity contribution in [3.05, 3.63) is 107 Å². The van der Waals surface area contributed by atoms with E-state index in [-0.39, 0.29) is 43.7 Å². The number of carbonyl (C=O) groups excluding carboxylic acids is 1. The fourth-order valence-corrected chi connectivity index (χ4v) is 5.18. The molecule has 4 rings (SSSR count). The summed E-state index contributed by atoms with van der Waals surface area (Å²) in [6, 6.07) is 19.0. The van der Waals surface area contributed by atoms with Gasteiger partial charge < -0.3 is 14.6 Å². The molecular formula is C31H31F6NO4. The zero-order chi connectivity index (χ0) is 30.7. The van der Waals surface area contributed by atoms with Crippen LogP contribution in [0.3, 0.4) is 0 Å². The SMILES string of the molecule is CC1C[C@@](CO[C@H](C)c2cc(C(F)(F)F)cc(C(F)(F)F)c2)(c2ccccc2)N(C(=O)OCc2ccccc2)CC1O. The number of hydrogen-bond acceptors (Lipinski definition) is 4. The molecule has 0 aromatic heterocycles. The Kier molecular flexibility index (Phi) is 9.22. The Hall–Kier alpha value is -3.57. The molecule has 0 bridgehead atoms. The van der Waals surface area contributed by atoms with Crippen LogP contribution in [0.5, 0.6) is 0 Å². The second-order valence-corrected chi connectivity index (χ2v) is 10.6. The number of likely N-dealkylation sites (tertiary alicyclic amines) is 1. The molecule has 1 fully saturated rings. The first-order valence-corrected chi connectivity index (χ1v) is 13.3. The molecule has 1 aliphatic rings. The van der Waals surface area contributed by atoms with Gasteiger partial charge in [0.15, 0.2) is 0 Å². The number of hydrogen-bond donors (Lipinski definition) is 1. The monoisotopic (exact) mass is 595 g/mol. The molecule has 42 heavy (non-hydrogen) atoms. The number of aliphatic hydroxyl groups is 1. The fourth-order valence-electron chi connectivity index (χ4n) is 5.18. The van der Waals surface area contributed by atoms with Gasteiger partial charge in [-0.15, -0.1) is 0 Å². The zero-order valence-electron chi connectivity index (χ0n) is 23.0. The van der Waals surface area contributed by atoms with Gasteiger partial charge in [-0.1, -0.05) is 67.6 Å². The second kappa shape index (κ2) is 12.3. The highest BCUT2D eigenvalue weighted by Crippen LogP contribution is 2.43. The predicted molar refractivity (Wildman–Crippen MR) is 142 cm³/mol. The molecule has 0 radical (unpaired) electrons. The minimum absolute atomic E-state index is 0.0472. The molecule has 3 aromatic rings. The molecule has 0 spiro atoms. The lowest BCUT2D eigenvalue weighted by Gasteiger charge is -2.50. The quantitative estimate of drug-likeness (QED) is 0.284. The number of nitrogens with zero attached hydrogens (tertiary/aromatic N) is 1. The normalized spacial score (nSPS) is 22.1. The molecule has 5 nitrogen and oxygen atoms in total. The number of piperidine rings is 1. The van der Waals surface area contributed by atoms with Crippen LogP contribution in [0.15, 0.2) is 78.9 Å². The minimum atomic E-state index is -5.00. The number of aliphatic hydroxyl groups excluding tert-OH is 1. The van der Waals surface area contributed by atoms with Crippen LogP contribution < -0.4 is 0 Å². The van der Waals surface area contributed by atoms with Gasteiger partial charge in [-0.3, -0.25) is 4.90 Å². The van der Waals surface area contributed by atoms with Crippen molar-refractivity contribution in [3.8, 4) is 0 Å². The van der Waals surface area contributed by atoms with Crippen LogP contribution in [-0.2, 0) is 34.0 Å². The summed E-state index contributed by atoms with van der Waals surface area (Å²) < 4.78 is 92.5. The number of rotatable bonds is 7. The highest BCUT2D eigenvalue weighted by molar-refractivity contribution is 5.69. The van der Waals surface area contributed by atoms with Crippen molar-refractivity contribution < 1.29 is 45.7 Å². The highest BCUT2D eigenvalue weighted by Gasteiger charge is 2.49. The van der Waals surface area contributed by atoms with Crippen molar-refractivity contribution >= 4 is 6.09 Å². The fraction of sp³-hybridized carbons (Fsp3) is 0.387. The van der Waals surface area contributed by atoms with Gasteiger partial charge in [-0.05, 0) is 54.2 Å². The van der Waals surface area contributed by atoms with E-state index < -0.39 is 47.3 Å². The summed E-state index contributed by atoms with van der Waals surface area (Å²) in [5.74, 6) is -0.326. The van der Waals surface area contributed by atoms with Crippen LogP contribution >= 0.6 is 0 Å². The van der Waals surface area contributed by atoms with Gasteiger partial charge >= 0.3 is 18.4 Å². The summed E-state index contributed by atoms with van der Waals surface area (Å²) in [4.78, 5) is 14.9. The maximum absolute atomic E-state index is 13.5. The minimum Gasteiger partial charge on any atom is -0.445 e. The number of carbonyl (C=O) groups is 1. The molecule has 2 unspecified atom stereocenters. The van der Waals surface area contributed by atoms with Crippen molar-refractivity contribution in [2.75, 3.05) is 13.2 Å². The summed E-state index contributed by atoms with van der Waals surface area (Å²) in [6.45, 7) is 2.69. The number of benzene rings is 3. The Morgan fingerprint density at radius 2 is 1.50 bits per heavy atom. The van der Waals surface area contributed by atoms with Gasteiger partial charge in [-0.2, -0.15) is 26.3 Å². The van der Waals surface area contributed by atoms with Gasteiger partial charge in [0.05, 0.1) is 42.0 Å². The van der Waals surface area contributed by atoms with Gasteiger partial charge in [0, 0.05) is 0 Å². The first-order valence-electron chi connectivity index (χ1n) is 13.3. The topological polar surface area (TPSA) is 59.0 Å². The Morgan fingerprint density at radius 1 is 0.952 bits per heavy atom. The first-order chi connectivity index (χ1) is 19.7. The number of β-amino-alcohol motifs (C(OH)–C–C–N with tert-alkyl or cyclic N) is 1. The lowest BCUT2D eigenvalue weighted by Crippen LogP contribution is -2.60. The number of amides is 1. The molecule has 1 amide bonds. The van der Waals surface area contributed by atoms with Crippen LogP contribution in [0, 0.1) is 5.92 Å². The average Bonchev–Trinajstić information content (AvgIpc) is 2.96. The zero-order valence-corrected chi connectivity index (χ0v) is 23.0. The molecule has 226 valence electrons. The molecule has 0 saturated carbocycles. The largest absolute Gasteiger partial charge is 0.445 e. The van der Waals surface area contributed by atoms with Crippen LogP contribution in [0.1, 0.15) is 54.2 Å². The van der Waals surface area contributed by atoms with Crippen molar-refractivity contribution in [1.29, 1.82) is 0 Å². The third-order valence-electron chi connectivity index (χ3n) is 7.59. The Bertz CT molecular complexity index is 1320. The van der Waals surface area contributed by atoms with Gasteiger partial charge in [0.1, 0.15) is 6.61 Å². The van der Waals surface area contributed by atoms with E-state index in [4.69, 9.17) is 9.47 Å². The van der Waals surface area contributed by atoms with Crippen molar-refractivity contribution in [2.24, 2.45) is 5.92 Å². The van der Waals surface area contributed by atoms with Gasteiger partial charge in [0.25, 0.3) is 0 Å². The van der Waals surface area contributed by atoms with Crippen molar-refractivity contribution in [1.82, 2.24) is 4.90 Å². The number of ether oxygens (including phenoxy) is 2. The van der Waals surface area contributed by atoms with Crippen molar-refractivity contribution in [2.45, 2.75) is 57.0 Å². The lowest BCUT2D eigenvalue weighted by molar-refractivity contribution is -0.143. The molecule has 4 atom stereocenters. The summed E-state index contributed by atoms with van der Waals surface area (Å²) in [5, 5.41) is 10.7. The molecule has 1 aliphatic heterocycles. The summed E-state index contributed by atoms with van der Waals surface area (Å²) in [6.07, 6.45) is -12.7. The molecule has 1 N–H and O–H groups in total. The van der Waals surface area contributed by atoms with E-state index in [1.807, 2.05) is 6.07 Å². The third-order valence-corrected chi connectivity index (χ3v) is 7.59. The van der Waals surface area contributed by atoms with Crippen LogP contribution in [0.4, 0.5) is 31.1 Å². The van der Waals surface area contributed by atoms with E-state index >= 15 is 0 Å². The van der Waals surface area contributed by atoms with Gasteiger partial charge in [-0.25, -0.2) is 4.79 Å². The summed E-state index contributed by atoms with van der Waals surface area (Å²) in [7, 11) is 0. The molecule has 11 heteroatoms. The summed E-state index contributed by atoms with van der Waals surface area (Å²) in [5.41, 5.74) is -3.09. The standard InChI is InChI=1S/C31H31F6NO4/c1-20-16-29(24-11-7-4-8-12-24,38(17-27(20)39)28(40)41-18-22-9-5-3-6-10-22)19-42-21(2)23-13-25(30(32,33)34)15-26(14-23)31(35,36)37/h3-15,20-21,27,39H,16-19H2,1-2H3/t20?,21-,27?,29-/m1/s1. The van der Waals surface area contributed by atoms with Crippen molar-refractivity contribution in [3.63, 3.8) is 0 Å². The number of halogens is 6.